The van der Waals surface area contributed by atoms with Crippen LogP contribution in [0, 0.1) is 0 Å². The lowest BCUT2D eigenvalue weighted by Gasteiger charge is -2.10. The maximum Gasteiger partial charge on any atom is 0.334 e. The van der Waals surface area contributed by atoms with Gasteiger partial charge in [0.15, 0.2) is 0 Å². The van der Waals surface area contributed by atoms with E-state index in [0.29, 0.717) is 11.5 Å². The smallest absolute Gasteiger partial charge is 0.334 e. The Morgan fingerprint density at radius 3 is 1.30 bits per heavy atom. The first-order valence-electron chi connectivity index (χ1n) is 8.68. The van der Waals surface area contributed by atoms with Crippen LogP contribution in [0.4, 0.5) is 0 Å². The van der Waals surface area contributed by atoms with E-state index in [1.165, 1.54) is 0 Å². The Labute approximate surface area is 172 Å². The third-order valence-corrected chi connectivity index (χ3v) is 3.30. The van der Waals surface area contributed by atoms with Gasteiger partial charge in [0.1, 0.15) is 37.9 Å². The minimum Gasteiger partial charge on any atom is -0.490 e. The molecule has 1 aromatic carbocycles. The van der Waals surface area contributed by atoms with Gasteiger partial charge < -0.3 is 29.2 Å². The second kappa shape index (κ2) is 12.6. The predicted molar refractivity (Wildman–Crippen MR) is 102 cm³/mol. The molecule has 162 valence electrons. The average Bonchev–Trinajstić information content (AvgIpc) is 2.68. The van der Waals surface area contributed by atoms with Crippen LogP contribution in [0.25, 0.3) is 0 Å². The van der Waals surface area contributed by atoms with Gasteiger partial charge in [-0.1, -0.05) is 13.2 Å². The quantitative estimate of drug-likeness (QED) is 0.257. The minimum atomic E-state index is -1.17. The van der Waals surface area contributed by atoms with E-state index >= 15 is 0 Å². The molecular formula is C20H22O10. The Kier molecular flexibility index (Phi) is 10.2. The molecule has 0 aliphatic heterocycles. The average molecular weight is 422 g/mol. The van der Waals surface area contributed by atoms with Gasteiger partial charge in [0.05, 0.1) is 12.8 Å². The number of esters is 2. The third kappa shape index (κ3) is 9.93. The van der Waals surface area contributed by atoms with Gasteiger partial charge in [-0.3, -0.25) is 9.59 Å². The molecule has 1 rings (SSSR count). The van der Waals surface area contributed by atoms with E-state index < -0.39 is 36.7 Å². The highest BCUT2D eigenvalue weighted by molar-refractivity contribution is 5.93. The van der Waals surface area contributed by atoms with Gasteiger partial charge in [-0.15, -0.1) is 0 Å². The van der Waals surface area contributed by atoms with Crippen LogP contribution in [0.3, 0.4) is 0 Å². The number of benzene rings is 1. The molecule has 0 bridgehead atoms. The summed E-state index contributed by atoms with van der Waals surface area (Å²) in [6.07, 6.45) is -0.977. The van der Waals surface area contributed by atoms with Crippen molar-refractivity contribution >= 4 is 23.9 Å². The van der Waals surface area contributed by atoms with Gasteiger partial charge in [0.2, 0.25) is 0 Å². The number of carbonyl (C=O) groups is 4. The predicted octanol–water partition coefficient (Wildman–Crippen LogP) is 1.59. The zero-order valence-electron chi connectivity index (χ0n) is 16.1. The maximum absolute atomic E-state index is 11.5. The normalized spacial score (nSPS) is 9.87. The van der Waals surface area contributed by atoms with Crippen molar-refractivity contribution in [2.75, 3.05) is 26.4 Å². The summed E-state index contributed by atoms with van der Waals surface area (Å²) in [5, 5.41) is 17.1. The SMILES string of the molecule is C=C(CC(=O)O)C(=O)OCCOc1ccc(OCCOC(=O)C(=C)CC(=O)O)cc1. The van der Waals surface area contributed by atoms with Crippen LogP contribution in [-0.2, 0) is 28.7 Å². The first kappa shape index (κ1) is 24.2. The van der Waals surface area contributed by atoms with E-state index in [2.05, 4.69) is 13.2 Å². The van der Waals surface area contributed by atoms with Gasteiger partial charge >= 0.3 is 23.9 Å². The number of carboxylic acids is 2. The molecule has 10 heteroatoms. The van der Waals surface area contributed by atoms with E-state index in [0.717, 1.165) is 0 Å². The Bertz CT molecular complexity index is 727. The topological polar surface area (TPSA) is 146 Å². The molecular weight excluding hydrogens is 400 g/mol. The fourth-order valence-corrected chi connectivity index (χ4v) is 1.93. The largest absolute Gasteiger partial charge is 0.490 e. The molecule has 30 heavy (non-hydrogen) atoms. The van der Waals surface area contributed by atoms with Crippen molar-refractivity contribution in [1.29, 1.82) is 0 Å². The summed E-state index contributed by atoms with van der Waals surface area (Å²) in [6.45, 7) is 6.64. The van der Waals surface area contributed by atoms with Crippen molar-refractivity contribution in [3.8, 4) is 11.5 Å². The second-order valence-electron chi connectivity index (χ2n) is 5.79. The molecule has 0 unspecified atom stereocenters. The van der Waals surface area contributed by atoms with Crippen LogP contribution in [0.1, 0.15) is 12.8 Å². The van der Waals surface area contributed by atoms with Crippen LogP contribution in [0.5, 0.6) is 11.5 Å². The lowest BCUT2D eigenvalue weighted by molar-refractivity contribution is -0.143. The number of hydrogen-bond acceptors (Lipinski definition) is 8. The number of carboxylic acid groups (broad SMARTS) is 2. The lowest BCUT2D eigenvalue weighted by atomic mass is 10.2. The Morgan fingerprint density at radius 2 is 1.00 bits per heavy atom. The van der Waals surface area contributed by atoms with Crippen LogP contribution in [-0.4, -0.2) is 60.5 Å². The maximum atomic E-state index is 11.5. The highest BCUT2D eigenvalue weighted by atomic mass is 16.6. The number of rotatable bonds is 14. The van der Waals surface area contributed by atoms with Gasteiger partial charge in [0, 0.05) is 11.1 Å². The van der Waals surface area contributed by atoms with E-state index in [-0.39, 0.29) is 37.6 Å². The monoisotopic (exact) mass is 422 g/mol. The molecule has 0 saturated carbocycles. The van der Waals surface area contributed by atoms with Gasteiger partial charge in [-0.2, -0.15) is 0 Å². The van der Waals surface area contributed by atoms with E-state index in [4.69, 9.17) is 29.2 Å². The molecule has 2 N–H and O–H groups in total. The van der Waals surface area contributed by atoms with Crippen molar-refractivity contribution in [2.45, 2.75) is 12.8 Å². The highest BCUT2D eigenvalue weighted by Crippen LogP contribution is 2.17. The molecule has 0 heterocycles. The van der Waals surface area contributed by atoms with E-state index in [1.54, 1.807) is 24.3 Å². The van der Waals surface area contributed by atoms with Crippen molar-refractivity contribution in [3.63, 3.8) is 0 Å². The molecule has 0 saturated heterocycles. The van der Waals surface area contributed by atoms with Crippen LogP contribution in [0.15, 0.2) is 48.6 Å². The zero-order chi connectivity index (χ0) is 22.5. The summed E-state index contributed by atoms with van der Waals surface area (Å²) < 4.78 is 20.4. The number of ether oxygens (including phenoxy) is 4. The second-order valence-corrected chi connectivity index (χ2v) is 5.79. The Hall–Kier alpha value is -3.82. The van der Waals surface area contributed by atoms with Gasteiger partial charge in [-0.25, -0.2) is 9.59 Å². The van der Waals surface area contributed by atoms with Crippen molar-refractivity contribution in [1.82, 2.24) is 0 Å². The number of aliphatic carboxylic acids is 2. The molecule has 10 nitrogen and oxygen atoms in total. The highest BCUT2D eigenvalue weighted by Gasteiger charge is 2.13. The van der Waals surface area contributed by atoms with Crippen LogP contribution < -0.4 is 9.47 Å². The molecule has 0 aromatic heterocycles. The van der Waals surface area contributed by atoms with Crippen LogP contribution >= 0.6 is 0 Å². The summed E-state index contributed by atoms with van der Waals surface area (Å²) in [5.41, 5.74) is -0.304. The van der Waals surface area contributed by atoms with Crippen molar-refractivity contribution in [2.24, 2.45) is 0 Å². The fourth-order valence-electron chi connectivity index (χ4n) is 1.93. The first-order valence-corrected chi connectivity index (χ1v) is 8.68. The van der Waals surface area contributed by atoms with Gasteiger partial charge in [0.25, 0.3) is 0 Å². The summed E-state index contributed by atoms with van der Waals surface area (Å²) >= 11 is 0. The molecule has 0 aliphatic rings. The summed E-state index contributed by atoms with van der Waals surface area (Å²) in [4.78, 5) is 43.9. The molecule has 0 radical (unpaired) electrons. The summed E-state index contributed by atoms with van der Waals surface area (Å²) in [6, 6.07) is 6.45. The lowest BCUT2D eigenvalue weighted by Crippen LogP contribution is -2.15. The molecule has 0 atom stereocenters. The molecule has 1 aromatic rings. The zero-order valence-corrected chi connectivity index (χ0v) is 16.1. The molecule has 0 fully saturated rings. The Balaban J connectivity index is 2.24. The number of hydrogen-bond donors (Lipinski definition) is 2. The molecule has 0 amide bonds. The molecule has 0 aliphatic carbocycles. The van der Waals surface area contributed by atoms with Crippen molar-refractivity contribution < 1.29 is 48.3 Å². The standard InChI is InChI=1S/C20H22O10/c1-13(11-17(21)22)19(25)29-9-7-27-15-3-5-16(6-4-15)28-8-10-30-20(26)14(2)12-18(23)24/h3-6H,1-2,7-12H2,(H,21,22)(H,23,24). The summed E-state index contributed by atoms with van der Waals surface area (Å²) in [7, 11) is 0. The van der Waals surface area contributed by atoms with Gasteiger partial charge in [-0.05, 0) is 24.3 Å². The number of carbonyl (C=O) groups excluding carboxylic acids is 2. The Morgan fingerprint density at radius 1 is 0.667 bits per heavy atom. The minimum absolute atomic E-state index is 0.0580. The summed E-state index contributed by atoms with van der Waals surface area (Å²) in [5.74, 6) is -2.96. The molecule has 0 spiro atoms. The fraction of sp³-hybridized carbons (Fsp3) is 0.300. The van der Waals surface area contributed by atoms with Crippen molar-refractivity contribution in [3.05, 3.63) is 48.6 Å². The van der Waals surface area contributed by atoms with E-state index in [1.807, 2.05) is 0 Å². The van der Waals surface area contributed by atoms with E-state index in [9.17, 15) is 19.2 Å². The van der Waals surface area contributed by atoms with Crippen LogP contribution in [0.2, 0.25) is 0 Å². The first-order chi connectivity index (χ1) is 14.2. The third-order valence-electron chi connectivity index (χ3n) is 3.30.